The van der Waals surface area contributed by atoms with E-state index in [0.717, 1.165) is 41.4 Å². The zero-order chi connectivity index (χ0) is 15.6. The Morgan fingerprint density at radius 2 is 1.39 bits per heavy atom. The van der Waals surface area contributed by atoms with Crippen molar-refractivity contribution < 1.29 is 0 Å². The highest BCUT2D eigenvalue weighted by molar-refractivity contribution is 5.20. The van der Waals surface area contributed by atoms with Gasteiger partial charge in [-0.2, -0.15) is 0 Å². The van der Waals surface area contributed by atoms with Gasteiger partial charge in [0, 0.05) is 0 Å². The first-order valence-electron chi connectivity index (χ1n) is 9.67. The largest absolute Gasteiger partial charge is 0.103 e. The molecule has 4 rings (SSSR count). The van der Waals surface area contributed by atoms with Crippen molar-refractivity contribution in [2.24, 2.45) is 41.4 Å². The summed E-state index contributed by atoms with van der Waals surface area (Å²) in [6.07, 6.45) is 29.4. The van der Waals surface area contributed by atoms with E-state index in [0.29, 0.717) is 0 Å². The van der Waals surface area contributed by atoms with Crippen molar-refractivity contribution >= 4 is 0 Å². The van der Waals surface area contributed by atoms with Gasteiger partial charge in [0.2, 0.25) is 0 Å². The van der Waals surface area contributed by atoms with Gasteiger partial charge >= 0.3 is 0 Å². The molecule has 0 aromatic carbocycles. The summed E-state index contributed by atoms with van der Waals surface area (Å²) in [5.74, 6) is 5.91. The van der Waals surface area contributed by atoms with Crippen molar-refractivity contribution in [2.45, 2.75) is 38.5 Å². The van der Waals surface area contributed by atoms with E-state index in [1.54, 1.807) is 0 Å². The van der Waals surface area contributed by atoms with Crippen molar-refractivity contribution in [1.82, 2.24) is 0 Å². The molecule has 7 atom stereocenters. The van der Waals surface area contributed by atoms with Crippen LogP contribution in [-0.2, 0) is 0 Å². The van der Waals surface area contributed by atoms with E-state index >= 15 is 0 Å². The summed E-state index contributed by atoms with van der Waals surface area (Å²) < 4.78 is 0. The van der Waals surface area contributed by atoms with Crippen LogP contribution >= 0.6 is 0 Å². The van der Waals surface area contributed by atoms with Crippen LogP contribution in [0.4, 0.5) is 0 Å². The van der Waals surface area contributed by atoms with Crippen molar-refractivity contribution in [3.63, 3.8) is 0 Å². The van der Waals surface area contributed by atoms with Gasteiger partial charge in [0.05, 0.1) is 0 Å². The highest BCUT2D eigenvalue weighted by atomic mass is 14.5. The molecule has 0 aromatic heterocycles. The minimum absolute atomic E-state index is 0.775. The summed E-state index contributed by atoms with van der Waals surface area (Å²) in [6, 6.07) is 0. The van der Waals surface area contributed by atoms with Crippen LogP contribution in [0.15, 0.2) is 61.3 Å². The van der Waals surface area contributed by atoms with E-state index < -0.39 is 0 Å². The van der Waals surface area contributed by atoms with Crippen molar-refractivity contribution in [2.75, 3.05) is 0 Å². The minimum atomic E-state index is 0.775. The standard InChI is InChI=1S/C23H30/c1-2-7-19-16-20(23-11-6-5-10-22(19)23)15-14-18-13-12-17-8-3-4-9-21(17)18/h2-6,8-11,17-23H,1,7,12-16H2. The Labute approximate surface area is 141 Å². The fourth-order valence-electron chi connectivity index (χ4n) is 5.89. The lowest BCUT2D eigenvalue weighted by Gasteiger charge is -2.26. The van der Waals surface area contributed by atoms with Crippen LogP contribution in [-0.4, -0.2) is 0 Å². The summed E-state index contributed by atoms with van der Waals surface area (Å²) in [5.41, 5.74) is 0. The number of rotatable bonds is 5. The van der Waals surface area contributed by atoms with E-state index in [-0.39, 0.29) is 0 Å². The highest BCUT2D eigenvalue weighted by Gasteiger charge is 2.41. The maximum atomic E-state index is 3.98. The second kappa shape index (κ2) is 6.67. The van der Waals surface area contributed by atoms with Gasteiger partial charge in [-0.05, 0) is 80.0 Å². The molecule has 0 nitrogen and oxygen atoms in total. The Hall–Kier alpha value is -1.30. The first-order chi connectivity index (χ1) is 11.4. The van der Waals surface area contributed by atoms with Gasteiger partial charge in [-0.25, -0.2) is 0 Å². The molecule has 0 spiro atoms. The fraction of sp³-hybridized carbons (Fsp3) is 0.565. The van der Waals surface area contributed by atoms with Crippen LogP contribution in [0.25, 0.3) is 0 Å². The molecular weight excluding hydrogens is 276 g/mol. The molecule has 0 aromatic rings. The zero-order valence-electron chi connectivity index (χ0n) is 14.2. The predicted octanol–water partition coefficient (Wildman–Crippen LogP) is 6.11. The molecule has 0 bridgehead atoms. The predicted molar refractivity (Wildman–Crippen MR) is 98.9 cm³/mol. The van der Waals surface area contributed by atoms with Crippen molar-refractivity contribution in [3.05, 3.63) is 61.3 Å². The van der Waals surface area contributed by atoms with Gasteiger partial charge in [-0.3, -0.25) is 0 Å². The third kappa shape index (κ3) is 2.93. The van der Waals surface area contributed by atoms with Crippen LogP contribution < -0.4 is 0 Å². The van der Waals surface area contributed by atoms with Gasteiger partial charge in [0.1, 0.15) is 0 Å². The Morgan fingerprint density at radius 1 is 0.739 bits per heavy atom. The normalized spacial score (nSPS) is 43.6. The SMILES string of the molecule is C=CCC1CC(CCC2CCC3C=CC=CC32)C2C=CC=CC12. The lowest BCUT2D eigenvalue weighted by Crippen LogP contribution is -2.17. The molecule has 2 saturated carbocycles. The molecule has 122 valence electrons. The summed E-state index contributed by atoms with van der Waals surface area (Å²) >= 11 is 0. The number of fused-ring (bicyclic) bond motifs is 2. The van der Waals surface area contributed by atoms with E-state index in [4.69, 9.17) is 0 Å². The molecule has 0 N–H and O–H groups in total. The van der Waals surface area contributed by atoms with E-state index in [2.05, 4.69) is 61.3 Å². The molecule has 0 heteroatoms. The van der Waals surface area contributed by atoms with Crippen molar-refractivity contribution in [1.29, 1.82) is 0 Å². The first kappa shape index (κ1) is 15.2. The van der Waals surface area contributed by atoms with Crippen LogP contribution in [0.5, 0.6) is 0 Å². The van der Waals surface area contributed by atoms with Gasteiger partial charge in [0.25, 0.3) is 0 Å². The van der Waals surface area contributed by atoms with Crippen LogP contribution in [0, 0.1) is 41.4 Å². The maximum absolute atomic E-state index is 3.98. The monoisotopic (exact) mass is 306 g/mol. The van der Waals surface area contributed by atoms with Gasteiger partial charge in [-0.1, -0.05) is 54.7 Å². The highest BCUT2D eigenvalue weighted by Crippen LogP contribution is 2.50. The lowest BCUT2D eigenvalue weighted by atomic mass is 9.79. The van der Waals surface area contributed by atoms with Crippen LogP contribution in [0.3, 0.4) is 0 Å². The molecule has 0 amide bonds. The van der Waals surface area contributed by atoms with E-state index in [9.17, 15) is 0 Å². The average molecular weight is 306 g/mol. The third-order valence-electron chi connectivity index (χ3n) is 7.01. The summed E-state index contributed by atoms with van der Waals surface area (Å²) in [6.45, 7) is 3.98. The molecule has 0 saturated heterocycles. The molecule has 4 aliphatic rings. The topological polar surface area (TPSA) is 0 Å². The molecule has 0 radical (unpaired) electrons. The quantitative estimate of drug-likeness (QED) is 0.538. The second-order valence-corrected chi connectivity index (χ2v) is 8.13. The molecule has 2 fully saturated rings. The molecule has 0 heterocycles. The molecule has 0 aliphatic heterocycles. The Bertz CT molecular complexity index is 546. The molecular formula is C23H30. The summed E-state index contributed by atoms with van der Waals surface area (Å²) in [4.78, 5) is 0. The summed E-state index contributed by atoms with van der Waals surface area (Å²) in [5, 5.41) is 0. The number of allylic oxidation sites excluding steroid dienone is 9. The van der Waals surface area contributed by atoms with Crippen LogP contribution in [0.2, 0.25) is 0 Å². The van der Waals surface area contributed by atoms with Crippen molar-refractivity contribution in [3.8, 4) is 0 Å². The zero-order valence-corrected chi connectivity index (χ0v) is 14.2. The second-order valence-electron chi connectivity index (χ2n) is 8.13. The third-order valence-corrected chi connectivity index (χ3v) is 7.01. The Balaban J connectivity index is 1.38. The molecule has 4 aliphatic carbocycles. The van der Waals surface area contributed by atoms with E-state index in [1.165, 1.54) is 38.5 Å². The Kier molecular flexibility index (Phi) is 4.42. The molecule has 7 unspecified atom stereocenters. The average Bonchev–Trinajstić information content (AvgIpc) is 3.16. The first-order valence-corrected chi connectivity index (χ1v) is 9.67. The van der Waals surface area contributed by atoms with Gasteiger partial charge in [0.15, 0.2) is 0 Å². The van der Waals surface area contributed by atoms with Gasteiger partial charge in [-0.15, -0.1) is 6.58 Å². The smallest absolute Gasteiger partial charge is 0.0133 e. The number of hydrogen-bond donors (Lipinski definition) is 0. The van der Waals surface area contributed by atoms with Crippen LogP contribution in [0.1, 0.15) is 38.5 Å². The maximum Gasteiger partial charge on any atom is -0.0133 e. The molecule has 23 heavy (non-hydrogen) atoms. The fourth-order valence-corrected chi connectivity index (χ4v) is 5.89. The van der Waals surface area contributed by atoms with E-state index in [1.807, 2.05) is 0 Å². The van der Waals surface area contributed by atoms with Gasteiger partial charge < -0.3 is 0 Å². The number of hydrogen-bond acceptors (Lipinski definition) is 0. The minimum Gasteiger partial charge on any atom is -0.103 e. The Morgan fingerprint density at radius 3 is 2.17 bits per heavy atom. The lowest BCUT2D eigenvalue weighted by molar-refractivity contribution is 0.316. The summed E-state index contributed by atoms with van der Waals surface area (Å²) in [7, 11) is 0.